The van der Waals surface area contributed by atoms with E-state index in [0.29, 0.717) is 0 Å². The highest BCUT2D eigenvalue weighted by molar-refractivity contribution is 5.82. The lowest BCUT2D eigenvalue weighted by molar-refractivity contribution is -0.139. The minimum absolute atomic E-state index is 0.262. The van der Waals surface area contributed by atoms with Crippen LogP contribution in [0.15, 0.2) is 67.0 Å². The van der Waals surface area contributed by atoms with E-state index in [1.165, 1.54) is 6.08 Å². The molecule has 0 atom stereocenters. The van der Waals surface area contributed by atoms with Crippen molar-refractivity contribution in [1.29, 1.82) is 0 Å². The molecule has 0 aliphatic rings. The molecule has 2 rings (SSSR count). The second-order valence-corrected chi connectivity index (χ2v) is 4.11. The van der Waals surface area contributed by atoms with Crippen molar-refractivity contribution in [3.05, 3.63) is 72.6 Å². The Kier molecular flexibility index (Phi) is 4.89. The van der Waals surface area contributed by atoms with Crippen LogP contribution < -0.4 is 0 Å². The van der Waals surface area contributed by atoms with Gasteiger partial charge in [-0.05, 0) is 30.7 Å². The number of benzene rings is 1. The van der Waals surface area contributed by atoms with Gasteiger partial charge < -0.3 is 4.74 Å². The summed E-state index contributed by atoms with van der Waals surface area (Å²) in [5, 5.41) is 4.15. The Balaban J connectivity index is 1.90. The lowest BCUT2D eigenvalue weighted by atomic mass is 10.2. The molecule has 2 aromatic rings. The summed E-state index contributed by atoms with van der Waals surface area (Å²) in [5.74, 6) is -0.348. The van der Waals surface area contributed by atoms with Crippen molar-refractivity contribution in [2.45, 2.75) is 13.5 Å². The van der Waals surface area contributed by atoms with Gasteiger partial charge in [0.25, 0.3) is 0 Å². The number of hydrogen-bond acceptors (Lipinski definition) is 3. The maximum Gasteiger partial charge on any atom is 0.331 e. The van der Waals surface area contributed by atoms with Gasteiger partial charge in [-0.3, -0.25) is 0 Å². The zero-order valence-electron chi connectivity index (χ0n) is 11.3. The molecule has 0 saturated carbocycles. The molecule has 1 heterocycles. The number of nitrogens with zero attached hydrogens (tertiary/aromatic N) is 2. The zero-order chi connectivity index (χ0) is 14.2. The zero-order valence-corrected chi connectivity index (χ0v) is 11.3. The van der Waals surface area contributed by atoms with Gasteiger partial charge in [0.1, 0.15) is 6.61 Å². The van der Waals surface area contributed by atoms with Crippen molar-refractivity contribution in [2.75, 3.05) is 0 Å². The highest BCUT2D eigenvalue weighted by atomic mass is 16.5. The first-order valence-corrected chi connectivity index (χ1v) is 6.34. The smallest absolute Gasteiger partial charge is 0.331 e. The molecule has 20 heavy (non-hydrogen) atoms. The molecule has 4 nitrogen and oxygen atoms in total. The van der Waals surface area contributed by atoms with Crippen LogP contribution in [0.25, 0.3) is 5.69 Å². The van der Waals surface area contributed by atoms with Crippen LogP contribution in [-0.2, 0) is 16.1 Å². The van der Waals surface area contributed by atoms with Gasteiger partial charge in [0.2, 0.25) is 0 Å². The third-order valence-corrected chi connectivity index (χ3v) is 2.62. The quantitative estimate of drug-likeness (QED) is 0.475. The van der Waals surface area contributed by atoms with Crippen molar-refractivity contribution < 1.29 is 9.53 Å². The van der Waals surface area contributed by atoms with E-state index in [2.05, 4.69) is 5.10 Å². The number of rotatable bonds is 5. The highest BCUT2D eigenvalue weighted by Gasteiger charge is 2.00. The second kappa shape index (κ2) is 7.09. The molecule has 0 bridgehead atoms. The normalized spacial score (nSPS) is 11.2. The van der Waals surface area contributed by atoms with Crippen LogP contribution in [0, 0.1) is 0 Å². The molecule has 0 radical (unpaired) electrons. The van der Waals surface area contributed by atoms with Gasteiger partial charge in [0, 0.05) is 18.5 Å². The van der Waals surface area contributed by atoms with Gasteiger partial charge in [-0.2, -0.15) is 5.10 Å². The minimum Gasteiger partial charge on any atom is -0.458 e. The minimum atomic E-state index is -0.348. The molecule has 0 aliphatic carbocycles. The SMILES string of the molecule is C/C=C/C=C/C(=O)OCc1ccc(-n2cccn2)cc1. The molecule has 1 aromatic carbocycles. The third kappa shape index (κ3) is 3.95. The van der Waals surface area contributed by atoms with Gasteiger partial charge in [-0.25, -0.2) is 9.48 Å². The van der Waals surface area contributed by atoms with E-state index in [-0.39, 0.29) is 12.6 Å². The van der Waals surface area contributed by atoms with E-state index in [1.807, 2.05) is 49.5 Å². The van der Waals surface area contributed by atoms with Crippen LogP contribution in [-0.4, -0.2) is 15.7 Å². The largest absolute Gasteiger partial charge is 0.458 e. The summed E-state index contributed by atoms with van der Waals surface area (Å²) in [6.07, 6.45) is 10.3. The van der Waals surface area contributed by atoms with E-state index in [4.69, 9.17) is 4.74 Å². The molecule has 0 saturated heterocycles. The molecular weight excluding hydrogens is 252 g/mol. The summed E-state index contributed by atoms with van der Waals surface area (Å²) >= 11 is 0. The van der Waals surface area contributed by atoms with Crippen LogP contribution in [0.1, 0.15) is 12.5 Å². The van der Waals surface area contributed by atoms with E-state index in [9.17, 15) is 4.79 Å². The number of hydrogen-bond donors (Lipinski definition) is 0. The topological polar surface area (TPSA) is 44.1 Å². The summed E-state index contributed by atoms with van der Waals surface area (Å²) in [7, 11) is 0. The molecule has 0 fully saturated rings. The molecule has 0 spiro atoms. The second-order valence-electron chi connectivity index (χ2n) is 4.11. The Morgan fingerprint density at radius 3 is 2.75 bits per heavy atom. The Hall–Kier alpha value is -2.62. The fourth-order valence-electron chi connectivity index (χ4n) is 1.61. The predicted molar refractivity (Wildman–Crippen MR) is 77.3 cm³/mol. The predicted octanol–water partition coefficient (Wildman–Crippen LogP) is 3.05. The summed E-state index contributed by atoms with van der Waals surface area (Å²) < 4.78 is 6.90. The maximum atomic E-state index is 11.4. The molecule has 102 valence electrons. The first kappa shape index (κ1) is 13.8. The maximum absolute atomic E-state index is 11.4. The summed E-state index contributed by atoms with van der Waals surface area (Å²) in [5.41, 5.74) is 1.91. The van der Waals surface area contributed by atoms with Crippen LogP contribution in [0.2, 0.25) is 0 Å². The van der Waals surface area contributed by atoms with Gasteiger partial charge >= 0.3 is 5.97 Å². The monoisotopic (exact) mass is 268 g/mol. The van der Waals surface area contributed by atoms with Crippen molar-refractivity contribution in [3.63, 3.8) is 0 Å². The fraction of sp³-hybridized carbons (Fsp3) is 0.125. The number of ether oxygens (including phenoxy) is 1. The van der Waals surface area contributed by atoms with Crippen LogP contribution in [0.4, 0.5) is 0 Å². The van der Waals surface area contributed by atoms with Crippen molar-refractivity contribution in [1.82, 2.24) is 9.78 Å². The fourth-order valence-corrected chi connectivity index (χ4v) is 1.61. The van der Waals surface area contributed by atoms with Crippen molar-refractivity contribution in [2.24, 2.45) is 0 Å². The molecule has 4 heteroatoms. The van der Waals surface area contributed by atoms with Gasteiger partial charge in [-0.1, -0.05) is 30.4 Å². The van der Waals surface area contributed by atoms with Crippen LogP contribution in [0.5, 0.6) is 0 Å². The van der Waals surface area contributed by atoms with Gasteiger partial charge in [0.15, 0.2) is 0 Å². The lowest BCUT2D eigenvalue weighted by Crippen LogP contribution is -2.01. The van der Waals surface area contributed by atoms with Crippen LogP contribution in [0.3, 0.4) is 0 Å². The van der Waals surface area contributed by atoms with Crippen LogP contribution >= 0.6 is 0 Å². The number of carbonyl (C=O) groups is 1. The lowest BCUT2D eigenvalue weighted by Gasteiger charge is -2.04. The molecule has 1 aromatic heterocycles. The molecule has 0 aliphatic heterocycles. The molecule has 0 amide bonds. The van der Waals surface area contributed by atoms with Gasteiger partial charge in [-0.15, -0.1) is 0 Å². The first-order chi connectivity index (χ1) is 9.79. The van der Waals surface area contributed by atoms with E-state index in [0.717, 1.165) is 11.3 Å². The molecular formula is C16H16N2O2. The Bertz CT molecular complexity index is 596. The average molecular weight is 268 g/mol. The summed E-state index contributed by atoms with van der Waals surface area (Å²) in [4.78, 5) is 11.4. The molecule has 0 unspecified atom stereocenters. The number of esters is 1. The number of aromatic nitrogens is 2. The standard InChI is InChI=1S/C16H16N2O2/c1-2-3-4-6-16(19)20-13-14-7-9-15(10-8-14)18-12-5-11-17-18/h2-12H,13H2,1H3/b3-2+,6-4+. The van der Waals surface area contributed by atoms with Crippen molar-refractivity contribution >= 4 is 5.97 Å². The Labute approximate surface area is 118 Å². The summed E-state index contributed by atoms with van der Waals surface area (Å²) in [6, 6.07) is 9.57. The third-order valence-electron chi connectivity index (χ3n) is 2.62. The van der Waals surface area contributed by atoms with E-state index >= 15 is 0 Å². The Morgan fingerprint density at radius 1 is 1.30 bits per heavy atom. The Morgan fingerprint density at radius 2 is 2.10 bits per heavy atom. The summed E-state index contributed by atoms with van der Waals surface area (Å²) in [6.45, 7) is 2.15. The van der Waals surface area contributed by atoms with E-state index < -0.39 is 0 Å². The number of carbonyl (C=O) groups excluding carboxylic acids is 1. The average Bonchev–Trinajstić information content (AvgIpc) is 3.00. The van der Waals surface area contributed by atoms with Gasteiger partial charge in [0.05, 0.1) is 5.69 Å². The highest BCUT2D eigenvalue weighted by Crippen LogP contribution is 2.09. The molecule has 0 N–H and O–H groups in total. The number of allylic oxidation sites excluding steroid dienone is 3. The first-order valence-electron chi connectivity index (χ1n) is 6.34. The van der Waals surface area contributed by atoms with E-state index in [1.54, 1.807) is 23.0 Å². The van der Waals surface area contributed by atoms with Crippen molar-refractivity contribution in [3.8, 4) is 5.69 Å².